The molecular weight excluding hydrogens is 216 g/mol. The number of amides is 1. The zero-order valence-corrected chi connectivity index (χ0v) is 9.37. The maximum atomic E-state index is 12.1. The molecule has 0 saturated carbocycles. The third-order valence-corrected chi connectivity index (χ3v) is 2.43. The highest BCUT2D eigenvalue weighted by atomic mass is 16.2. The Morgan fingerprint density at radius 1 is 1.24 bits per heavy atom. The quantitative estimate of drug-likeness (QED) is 0.787. The highest BCUT2D eigenvalue weighted by molar-refractivity contribution is 6.06. The van der Waals surface area contributed by atoms with Crippen LogP contribution in [0.1, 0.15) is 10.4 Å². The van der Waals surface area contributed by atoms with Crippen LogP contribution in [0.4, 0.5) is 11.4 Å². The first-order valence-corrected chi connectivity index (χ1v) is 5.09. The first kappa shape index (κ1) is 11.1. The Labute approximate surface area is 98.9 Å². The van der Waals surface area contributed by atoms with Gasteiger partial charge in [0, 0.05) is 7.05 Å². The number of para-hydroxylation sites is 2. The van der Waals surface area contributed by atoms with Crippen LogP contribution < -0.4 is 10.6 Å². The van der Waals surface area contributed by atoms with E-state index in [1.165, 1.54) is 17.3 Å². The van der Waals surface area contributed by atoms with Gasteiger partial charge >= 0.3 is 0 Å². The van der Waals surface area contributed by atoms with Gasteiger partial charge in [0.1, 0.15) is 0 Å². The number of anilines is 2. The van der Waals surface area contributed by atoms with Gasteiger partial charge < -0.3 is 10.6 Å². The molecule has 2 rings (SSSR count). The van der Waals surface area contributed by atoms with Gasteiger partial charge in [-0.3, -0.25) is 4.79 Å². The summed E-state index contributed by atoms with van der Waals surface area (Å²) in [6, 6.07) is 8.82. The van der Waals surface area contributed by atoms with E-state index in [4.69, 9.17) is 5.73 Å². The second kappa shape index (κ2) is 4.61. The lowest BCUT2D eigenvalue weighted by molar-refractivity contribution is 0.0992. The molecule has 0 saturated heterocycles. The summed E-state index contributed by atoms with van der Waals surface area (Å²) >= 11 is 0. The molecule has 86 valence electrons. The van der Waals surface area contributed by atoms with Crippen molar-refractivity contribution < 1.29 is 4.79 Å². The van der Waals surface area contributed by atoms with Crippen molar-refractivity contribution >= 4 is 17.3 Å². The van der Waals surface area contributed by atoms with Gasteiger partial charge in [0.05, 0.1) is 29.3 Å². The fourth-order valence-corrected chi connectivity index (χ4v) is 1.51. The first-order chi connectivity index (χ1) is 8.20. The van der Waals surface area contributed by atoms with Gasteiger partial charge in [-0.1, -0.05) is 12.1 Å². The number of rotatable bonds is 2. The van der Waals surface area contributed by atoms with Crippen molar-refractivity contribution in [3.8, 4) is 0 Å². The average Bonchev–Trinajstić information content (AvgIpc) is 2.39. The fourth-order valence-electron chi connectivity index (χ4n) is 1.51. The number of aromatic nitrogens is 2. The largest absolute Gasteiger partial charge is 0.397 e. The molecule has 0 aliphatic rings. The SMILES string of the molecule is CN(C(=O)c1ccnnc1)c1ccccc1N. The molecule has 0 bridgehead atoms. The van der Waals surface area contributed by atoms with E-state index in [0.29, 0.717) is 16.9 Å². The van der Waals surface area contributed by atoms with Crippen molar-refractivity contribution in [2.45, 2.75) is 0 Å². The Morgan fingerprint density at radius 2 is 2.00 bits per heavy atom. The highest BCUT2D eigenvalue weighted by Crippen LogP contribution is 2.22. The standard InChI is InChI=1S/C12H12N4O/c1-16(11-5-3-2-4-10(11)13)12(17)9-6-7-14-15-8-9/h2-8H,13H2,1H3. The topological polar surface area (TPSA) is 72.1 Å². The summed E-state index contributed by atoms with van der Waals surface area (Å²) in [4.78, 5) is 13.6. The minimum Gasteiger partial charge on any atom is -0.397 e. The van der Waals surface area contributed by atoms with Crippen LogP contribution >= 0.6 is 0 Å². The molecule has 1 amide bonds. The number of carbonyl (C=O) groups is 1. The van der Waals surface area contributed by atoms with Crippen LogP contribution in [-0.2, 0) is 0 Å². The number of nitrogen functional groups attached to an aromatic ring is 1. The summed E-state index contributed by atoms with van der Waals surface area (Å²) in [7, 11) is 1.68. The smallest absolute Gasteiger partial charge is 0.259 e. The Morgan fingerprint density at radius 3 is 2.65 bits per heavy atom. The molecule has 1 aromatic carbocycles. The van der Waals surface area contributed by atoms with Crippen LogP contribution in [0, 0.1) is 0 Å². The first-order valence-electron chi connectivity index (χ1n) is 5.09. The van der Waals surface area contributed by atoms with Gasteiger partial charge in [-0.15, -0.1) is 0 Å². The molecule has 0 aliphatic heterocycles. The van der Waals surface area contributed by atoms with E-state index >= 15 is 0 Å². The molecule has 5 nitrogen and oxygen atoms in total. The number of carbonyl (C=O) groups excluding carboxylic acids is 1. The normalized spacial score (nSPS) is 9.94. The van der Waals surface area contributed by atoms with E-state index in [-0.39, 0.29) is 5.91 Å². The Balaban J connectivity index is 2.30. The van der Waals surface area contributed by atoms with Crippen molar-refractivity contribution in [1.82, 2.24) is 10.2 Å². The van der Waals surface area contributed by atoms with Crippen molar-refractivity contribution in [2.24, 2.45) is 0 Å². The van der Waals surface area contributed by atoms with Gasteiger partial charge in [-0.05, 0) is 18.2 Å². The zero-order valence-electron chi connectivity index (χ0n) is 9.37. The zero-order chi connectivity index (χ0) is 12.3. The van der Waals surface area contributed by atoms with Crippen LogP contribution in [0.25, 0.3) is 0 Å². The molecule has 0 fully saturated rings. The van der Waals surface area contributed by atoms with E-state index in [2.05, 4.69) is 10.2 Å². The van der Waals surface area contributed by atoms with E-state index in [0.717, 1.165) is 0 Å². The summed E-state index contributed by atoms with van der Waals surface area (Å²) < 4.78 is 0. The van der Waals surface area contributed by atoms with Gasteiger partial charge in [-0.25, -0.2) is 0 Å². The predicted molar refractivity (Wildman–Crippen MR) is 65.6 cm³/mol. The molecule has 0 spiro atoms. The second-order valence-corrected chi connectivity index (χ2v) is 3.55. The van der Waals surface area contributed by atoms with Gasteiger partial charge in [0.2, 0.25) is 0 Å². The van der Waals surface area contributed by atoms with E-state index in [9.17, 15) is 4.79 Å². The van der Waals surface area contributed by atoms with E-state index < -0.39 is 0 Å². The average molecular weight is 228 g/mol. The summed E-state index contributed by atoms with van der Waals surface area (Å²) in [5.74, 6) is -0.169. The van der Waals surface area contributed by atoms with E-state index in [1.807, 2.05) is 12.1 Å². The highest BCUT2D eigenvalue weighted by Gasteiger charge is 2.15. The lowest BCUT2D eigenvalue weighted by Gasteiger charge is -2.18. The molecule has 2 N–H and O–H groups in total. The molecule has 0 unspecified atom stereocenters. The number of nitrogens with two attached hydrogens (primary N) is 1. The molecule has 0 atom stereocenters. The summed E-state index contributed by atoms with van der Waals surface area (Å²) in [6.07, 6.45) is 2.91. The predicted octanol–water partition coefficient (Wildman–Crippen LogP) is 1.34. The molecule has 5 heteroatoms. The number of hydrogen-bond donors (Lipinski definition) is 1. The Bertz CT molecular complexity index is 527. The Kier molecular flexibility index (Phi) is 3.00. The van der Waals surface area contributed by atoms with Gasteiger partial charge in [0.25, 0.3) is 5.91 Å². The third kappa shape index (κ3) is 2.23. The molecular formula is C12H12N4O. The van der Waals surface area contributed by atoms with Crippen LogP contribution in [0.3, 0.4) is 0 Å². The van der Waals surface area contributed by atoms with E-state index in [1.54, 1.807) is 25.2 Å². The maximum Gasteiger partial charge on any atom is 0.259 e. The monoisotopic (exact) mass is 228 g/mol. The van der Waals surface area contributed by atoms with Crippen LogP contribution in [0.15, 0.2) is 42.7 Å². The Hall–Kier alpha value is -2.43. The summed E-state index contributed by atoms with van der Waals surface area (Å²) in [6.45, 7) is 0. The van der Waals surface area contributed by atoms with Crippen molar-refractivity contribution in [3.63, 3.8) is 0 Å². The fraction of sp³-hybridized carbons (Fsp3) is 0.0833. The minimum atomic E-state index is -0.169. The number of nitrogens with zero attached hydrogens (tertiary/aromatic N) is 3. The second-order valence-electron chi connectivity index (χ2n) is 3.55. The molecule has 2 aromatic rings. The molecule has 0 radical (unpaired) electrons. The molecule has 1 heterocycles. The van der Waals surface area contributed by atoms with Gasteiger partial charge in [0.15, 0.2) is 0 Å². The van der Waals surface area contributed by atoms with Crippen molar-refractivity contribution in [3.05, 3.63) is 48.3 Å². The van der Waals surface area contributed by atoms with Crippen molar-refractivity contribution in [1.29, 1.82) is 0 Å². The lowest BCUT2D eigenvalue weighted by atomic mass is 10.2. The summed E-state index contributed by atoms with van der Waals surface area (Å²) in [5, 5.41) is 7.31. The third-order valence-electron chi connectivity index (χ3n) is 2.43. The maximum absolute atomic E-state index is 12.1. The van der Waals surface area contributed by atoms with Crippen LogP contribution in [0.5, 0.6) is 0 Å². The minimum absolute atomic E-state index is 0.169. The number of benzene rings is 1. The number of hydrogen-bond acceptors (Lipinski definition) is 4. The summed E-state index contributed by atoms with van der Waals surface area (Å²) in [5.41, 5.74) is 7.53. The van der Waals surface area contributed by atoms with Crippen LogP contribution in [0.2, 0.25) is 0 Å². The van der Waals surface area contributed by atoms with Gasteiger partial charge in [-0.2, -0.15) is 10.2 Å². The molecule has 1 aromatic heterocycles. The lowest BCUT2D eigenvalue weighted by Crippen LogP contribution is -2.27. The van der Waals surface area contributed by atoms with Crippen LogP contribution in [-0.4, -0.2) is 23.2 Å². The molecule has 0 aliphatic carbocycles. The molecule has 17 heavy (non-hydrogen) atoms. The van der Waals surface area contributed by atoms with Crippen molar-refractivity contribution in [2.75, 3.05) is 17.7 Å².